The van der Waals surface area contributed by atoms with Gasteiger partial charge in [0.05, 0.1) is 36.4 Å². The lowest BCUT2D eigenvalue weighted by Gasteiger charge is -2.73. The summed E-state index contributed by atoms with van der Waals surface area (Å²) in [6.07, 6.45) is -15.6. The molecule has 18 heteroatoms. The number of carbonyl (C=O) groups is 3. The largest absolute Gasteiger partial charge is 0.479 e. The van der Waals surface area contributed by atoms with Crippen LogP contribution in [0.25, 0.3) is 0 Å². The zero-order chi connectivity index (χ0) is 49.9. The molecule has 7 rings (SSSR count). The van der Waals surface area contributed by atoms with Crippen molar-refractivity contribution in [1.82, 2.24) is 0 Å². The molecule has 0 bridgehead atoms. The Balaban J connectivity index is 1.22. The van der Waals surface area contributed by atoms with Crippen LogP contribution in [0.15, 0.2) is 23.3 Å². The molecule has 0 aromatic rings. The van der Waals surface area contributed by atoms with Crippen LogP contribution in [0.3, 0.4) is 0 Å². The Morgan fingerprint density at radius 2 is 1.43 bits per heavy atom. The highest BCUT2D eigenvalue weighted by molar-refractivity contribution is 5.88. The summed E-state index contributed by atoms with van der Waals surface area (Å²) in [6, 6.07) is 0. The first-order chi connectivity index (χ1) is 31.0. The first-order valence-electron chi connectivity index (χ1n) is 24.0. The number of carboxylic acid groups (broad SMARTS) is 1. The minimum atomic E-state index is -1.96. The summed E-state index contributed by atoms with van der Waals surface area (Å²) >= 11 is 0. The molecule has 4 saturated carbocycles. The highest BCUT2D eigenvalue weighted by Gasteiger charge is 2.76. The predicted molar refractivity (Wildman–Crippen MR) is 235 cm³/mol. The van der Waals surface area contributed by atoms with Crippen molar-refractivity contribution >= 4 is 17.9 Å². The number of carbonyl (C=O) groups excluding carboxylic acids is 2. The van der Waals surface area contributed by atoms with Gasteiger partial charge in [0, 0.05) is 23.3 Å². The molecular formula is C49H76O18. The first kappa shape index (κ1) is 52.2. The molecule has 0 unspecified atom stereocenters. The number of fused-ring (bicyclic) bond motifs is 7. The second-order valence-electron chi connectivity index (χ2n) is 22.9. The van der Waals surface area contributed by atoms with Crippen LogP contribution in [0, 0.1) is 50.2 Å². The van der Waals surface area contributed by atoms with E-state index in [-0.39, 0.29) is 17.4 Å². The minimum Gasteiger partial charge on any atom is -0.479 e. The summed E-state index contributed by atoms with van der Waals surface area (Å²) in [5.41, 5.74) is -4.02. The second kappa shape index (κ2) is 17.9. The Bertz CT molecular complexity index is 1970. The molecule has 2 saturated heterocycles. The van der Waals surface area contributed by atoms with Crippen molar-refractivity contribution in [3.05, 3.63) is 23.3 Å². The third kappa shape index (κ3) is 7.77. The zero-order valence-electron chi connectivity index (χ0n) is 40.7. The Kier molecular flexibility index (Phi) is 14.0. The number of aliphatic carboxylic acids is 1. The summed E-state index contributed by atoms with van der Waals surface area (Å²) in [5.74, 6) is -3.55. The van der Waals surface area contributed by atoms with Gasteiger partial charge in [-0.3, -0.25) is 4.79 Å². The molecule has 2 aliphatic heterocycles. The average molecular weight is 953 g/mol. The number of hydrogen-bond acceptors (Lipinski definition) is 17. The fourth-order valence-electron chi connectivity index (χ4n) is 14.8. The molecule has 18 nitrogen and oxygen atoms in total. The number of esters is 2. The fraction of sp³-hybridized carbons (Fsp3) is 0.857. The number of aliphatic hydroxyl groups is 8. The van der Waals surface area contributed by atoms with Crippen molar-refractivity contribution in [3.63, 3.8) is 0 Å². The van der Waals surface area contributed by atoms with Gasteiger partial charge in [0.2, 0.25) is 0 Å². The molecule has 22 atom stereocenters. The van der Waals surface area contributed by atoms with Gasteiger partial charge in [-0.15, -0.1) is 0 Å². The van der Waals surface area contributed by atoms with Gasteiger partial charge in [0.15, 0.2) is 24.8 Å². The Morgan fingerprint density at radius 3 is 2.03 bits per heavy atom. The summed E-state index contributed by atoms with van der Waals surface area (Å²) in [6.45, 7) is 19.7. The van der Waals surface area contributed by atoms with E-state index in [0.717, 1.165) is 5.57 Å². The van der Waals surface area contributed by atoms with E-state index in [9.17, 15) is 60.3 Å². The van der Waals surface area contributed by atoms with Gasteiger partial charge in [-0.2, -0.15) is 0 Å². The molecule has 0 amide bonds. The van der Waals surface area contributed by atoms with Gasteiger partial charge < -0.3 is 74.4 Å². The van der Waals surface area contributed by atoms with Gasteiger partial charge in [-0.1, -0.05) is 66.2 Å². The Hall–Kier alpha value is -2.59. The van der Waals surface area contributed by atoms with E-state index >= 15 is 0 Å². The van der Waals surface area contributed by atoms with Crippen LogP contribution in [0.1, 0.15) is 115 Å². The maximum absolute atomic E-state index is 13.6. The van der Waals surface area contributed by atoms with Gasteiger partial charge in [-0.05, 0) is 93.3 Å². The Morgan fingerprint density at radius 1 is 0.776 bits per heavy atom. The molecule has 7 aliphatic rings. The zero-order valence-corrected chi connectivity index (χ0v) is 40.7. The SMILES string of the molecule is C/C=C(/C)C(=O)O[C@H]1[C@H](OC(C)=O)C(C)(C)C[C@H]2C3=CC[C@@H]4[C@@]5(C)CC[C@H](O[C@@H]6O[C@H](C(=O)O)[C@@H](O)[C@H](O)[C@H]6O[C@@H]6O[C@@H](C)[C@H](O)[C@@H](O)[C@H]6O)C(C)(C)[C@@H]5CC[C@@]4(C)[C@]3(C)[C@@H](O)[C@@H](O)[C@]21CO. The summed E-state index contributed by atoms with van der Waals surface area (Å²) < 4.78 is 36.3. The molecule has 0 aromatic heterocycles. The maximum Gasteiger partial charge on any atom is 0.335 e. The predicted octanol–water partition coefficient (Wildman–Crippen LogP) is 1.88. The average Bonchev–Trinajstić information content (AvgIpc) is 3.25. The standard InChI is InChI=1S/C49H76O18/c1-12-21(2)41(61)67-39-38(63-23(4)51)44(5,6)19-25-24-13-14-27-46(9)17-16-28(45(7,8)26(46)15-18-47(27,10)48(24,11)36(57)37(58)49(25,39)20-50)64-43-35(32(55)31(54)34(65-43)40(59)60)66-42-33(56)30(53)29(52)22(3)62-42/h12-13,22,25-39,42-43,50,52-58H,14-20H2,1-11H3,(H,59,60)/b21-12-/t22-,25-,26-,27+,28-,29-,30+,31-,32-,33+,34-,35+,36-,37+,38-,39-,42-,43+,46-,47+,48-,49-/m0/s1. The summed E-state index contributed by atoms with van der Waals surface area (Å²) in [5, 5.41) is 101. The van der Waals surface area contributed by atoms with Crippen LogP contribution in [-0.4, -0.2) is 162 Å². The first-order valence-corrected chi connectivity index (χ1v) is 24.0. The van der Waals surface area contributed by atoms with Crippen molar-refractivity contribution in [2.75, 3.05) is 6.61 Å². The molecule has 9 N–H and O–H groups in total. The van der Waals surface area contributed by atoms with E-state index in [1.807, 2.05) is 20.8 Å². The van der Waals surface area contributed by atoms with E-state index < -0.39 is 155 Å². The lowest BCUT2D eigenvalue weighted by Crippen LogP contribution is -2.76. The maximum atomic E-state index is 13.6. The van der Waals surface area contributed by atoms with Crippen LogP contribution in [-0.2, 0) is 42.8 Å². The van der Waals surface area contributed by atoms with Crippen LogP contribution in [0.2, 0.25) is 0 Å². The van der Waals surface area contributed by atoms with Crippen LogP contribution >= 0.6 is 0 Å². The molecule has 380 valence electrons. The smallest absolute Gasteiger partial charge is 0.335 e. The highest BCUT2D eigenvalue weighted by atomic mass is 16.8. The van der Waals surface area contributed by atoms with Gasteiger partial charge >= 0.3 is 17.9 Å². The normalized spacial score (nSPS) is 50.3. The Labute approximate surface area is 392 Å². The topological polar surface area (TPSA) is 289 Å². The lowest BCUT2D eigenvalue weighted by molar-refractivity contribution is -0.372. The van der Waals surface area contributed by atoms with E-state index in [4.69, 9.17) is 28.4 Å². The number of hydrogen-bond donors (Lipinski definition) is 9. The summed E-state index contributed by atoms with van der Waals surface area (Å²) in [4.78, 5) is 38.5. The van der Waals surface area contributed by atoms with Gasteiger partial charge in [0.1, 0.15) is 42.7 Å². The third-order valence-electron chi connectivity index (χ3n) is 18.9. The fourth-order valence-corrected chi connectivity index (χ4v) is 14.8. The molecule has 0 radical (unpaired) electrons. The second-order valence-corrected chi connectivity index (χ2v) is 22.9. The van der Waals surface area contributed by atoms with E-state index in [1.165, 1.54) is 13.8 Å². The molecule has 2 heterocycles. The van der Waals surface area contributed by atoms with Crippen LogP contribution in [0.4, 0.5) is 0 Å². The van der Waals surface area contributed by atoms with Crippen LogP contribution in [0.5, 0.6) is 0 Å². The van der Waals surface area contributed by atoms with Crippen LogP contribution < -0.4 is 0 Å². The molecule has 0 aromatic carbocycles. The van der Waals surface area contributed by atoms with E-state index in [0.29, 0.717) is 38.5 Å². The number of ether oxygens (including phenoxy) is 6. The highest BCUT2D eigenvalue weighted by Crippen LogP contribution is 2.76. The third-order valence-corrected chi connectivity index (χ3v) is 18.9. The monoisotopic (exact) mass is 953 g/mol. The molecule has 5 aliphatic carbocycles. The van der Waals surface area contributed by atoms with Crippen molar-refractivity contribution < 1.29 is 88.8 Å². The van der Waals surface area contributed by atoms with Crippen molar-refractivity contribution in [1.29, 1.82) is 0 Å². The number of carboxylic acids is 1. The molecule has 67 heavy (non-hydrogen) atoms. The molecule has 6 fully saturated rings. The number of aliphatic hydroxyl groups excluding tert-OH is 8. The van der Waals surface area contributed by atoms with E-state index in [2.05, 4.69) is 33.8 Å². The lowest BCUT2D eigenvalue weighted by atomic mass is 9.32. The number of rotatable bonds is 9. The summed E-state index contributed by atoms with van der Waals surface area (Å²) in [7, 11) is 0. The quantitative estimate of drug-likeness (QED) is 0.0690. The number of allylic oxidation sites excluding steroid dienone is 2. The van der Waals surface area contributed by atoms with Crippen molar-refractivity contribution in [3.8, 4) is 0 Å². The van der Waals surface area contributed by atoms with Crippen molar-refractivity contribution in [2.24, 2.45) is 50.2 Å². The molecular weight excluding hydrogens is 877 g/mol. The van der Waals surface area contributed by atoms with Crippen molar-refractivity contribution in [2.45, 2.75) is 207 Å². The van der Waals surface area contributed by atoms with E-state index in [1.54, 1.807) is 19.9 Å². The molecule has 0 spiro atoms. The van der Waals surface area contributed by atoms with Gasteiger partial charge in [-0.25, -0.2) is 9.59 Å². The minimum absolute atomic E-state index is 0.0379. The van der Waals surface area contributed by atoms with Gasteiger partial charge in [0.25, 0.3) is 0 Å².